The molecule has 1 fully saturated rings. The minimum Gasteiger partial charge on any atom is -0.377 e. The smallest absolute Gasteiger partial charge is 0.267 e. The summed E-state index contributed by atoms with van der Waals surface area (Å²) in [5.41, 5.74) is 2.30. The lowest BCUT2D eigenvalue weighted by atomic mass is 10.1. The van der Waals surface area contributed by atoms with Gasteiger partial charge in [0.25, 0.3) is 5.56 Å². The molecule has 1 aliphatic rings. The number of rotatable bonds is 4. The van der Waals surface area contributed by atoms with Gasteiger partial charge in [-0.25, -0.2) is 9.67 Å². The maximum Gasteiger partial charge on any atom is 0.267 e. The van der Waals surface area contributed by atoms with Crippen molar-refractivity contribution in [1.29, 1.82) is 0 Å². The molecule has 0 spiro atoms. The average molecular weight is 350 g/mol. The van der Waals surface area contributed by atoms with E-state index in [9.17, 15) is 4.79 Å². The summed E-state index contributed by atoms with van der Waals surface area (Å²) in [7, 11) is 0. The number of anilines is 1. The lowest BCUT2D eigenvalue weighted by molar-refractivity contribution is 0.183. The van der Waals surface area contributed by atoms with Crippen molar-refractivity contribution in [2.75, 3.05) is 18.5 Å². The molecule has 132 valence electrons. The Morgan fingerprint density at radius 3 is 2.73 bits per heavy atom. The third kappa shape index (κ3) is 3.31. The minimum atomic E-state index is -0.229. The fraction of sp³-hybridized carbons (Fsp3) is 0.278. The molecule has 4 heterocycles. The van der Waals surface area contributed by atoms with Gasteiger partial charge in [-0.1, -0.05) is 0 Å². The van der Waals surface area contributed by atoms with E-state index in [0.29, 0.717) is 24.7 Å². The second kappa shape index (κ2) is 7.01. The first-order chi connectivity index (χ1) is 12.7. The second-order valence-electron chi connectivity index (χ2n) is 6.14. The molecule has 0 bridgehead atoms. The SMILES string of the molecule is Cc1cnc(NC2COCC2n2nc(-c3ccncc3)ccc2=O)cn1. The van der Waals surface area contributed by atoms with Gasteiger partial charge in [0.05, 0.1) is 43.0 Å². The van der Waals surface area contributed by atoms with E-state index >= 15 is 0 Å². The van der Waals surface area contributed by atoms with Crippen molar-refractivity contribution < 1.29 is 4.74 Å². The molecule has 8 nitrogen and oxygen atoms in total. The minimum absolute atomic E-state index is 0.120. The van der Waals surface area contributed by atoms with Gasteiger partial charge in [0.2, 0.25) is 0 Å². The van der Waals surface area contributed by atoms with Crippen molar-refractivity contribution in [3.8, 4) is 11.3 Å². The first-order valence-electron chi connectivity index (χ1n) is 8.34. The summed E-state index contributed by atoms with van der Waals surface area (Å²) in [4.78, 5) is 25.0. The Hall–Kier alpha value is -3.13. The fourth-order valence-corrected chi connectivity index (χ4v) is 2.92. The van der Waals surface area contributed by atoms with Crippen LogP contribution in [-0.4, -0.2) is 44.0 Å². The standard InChI is InChI=1S/C18H18N6O2/c1-12-8-21-17(9-20-12)22-15-10-26-11-16(15)24-18(25)3-2-14(23-24)13-4-6-19-7-5-13/h2-9,15-16H,10-11H2,1H3,(H,21,22). The summed E-state index contributed by atoms with van der Waals surface area (Å²) >= 11 is 0. The number of nitrogens with zero attached hydrogens (tertiary/aromatic N) is 5. The van der Waals surface area contributed by atoms with E-state index in [1.165, 1.54) is 10.7 Å². The van der Waals surface area contributed by atoms with Crippen molar-refractivity contribution in [1.82, 2.24) is 24.7 Å². The van der Waals surface area contributed by atoms with Crippen LogP contribution in [0.2, 0.25) is 0 Å². The summed E-state index contributed by atoms with van der Waals surface area (Å²) in [5, 5.41) is 7.85. The van der Waals surface area contributed by atoms with Gasteiger partial charge < -0.3 is 10.1 Å². The molecule has 1 N–H and O–H groups in total. The van der Waals surface area contributed by atoms with Crippen LogP contribution in [0, 0.1) is 6.92 Å². The number of hydrogen-bond donors (Lipinski definition) is 1. The highest BCUT2D eigenvalue weighted by molar-refractivity contribution is 5.57. The number of ether oxygens (including phenoxy) is 1. The highest BCUT2D eigenvalue weighted by atomic mass is 16.5. The number of aryl methyl sites for hydroxylation is 1. The number of nitrogens with one attached hydrogen (secondary N) is 1. The van der Waals surface area contributed by atoms with Crippen LogP contribution in [0.3, 0.4) is 0 Å². The molecule has 0 aliphatic carbocycles. The number of pyridine rings is 1. The molecular formula is C18H18N6O2. The van der Waals surface area contributed by atoms with Crippen molar-refractivity contribution in [3.05, 3.63) is 65.1 Å². The molecule has 3 aromatic rings. The van der Waals surface area contributed by atoms with Gasteiger partial charge in [0.1, 0.15) is 11.9 Å². The van der Waals surface area contributed by atoms with Gasteiger partial charge in [-0.15, -0.1) is 0 Å². The van der Waals surface area contributed by atoms with Crippen LogP contribution in [0.15, 0.2) is 53.8 Å². The highest BCUT2D eigenvalue weighted by Gasteiger charge is 2.31. The Labute approximate surface area is 149 Å². The Kier molecular flexibility index (Phi) is 4.40. The maximum absolute atomic E-state index is 12.4. The zero-order valence-corrected chi connectivity index (χ0v) is 14.2. The summed E-state index contributed by atoms with van der Waals surface area (Å²) < 4.78 is 7.09. The van der Waals surface area contributed by atoms with E-state index < -0.39 is 0 Å². The molecule has 0 aromatic carbocycles. The van der Waals surface area contributed by atoms with Crippen molar-refractivity contribution in [2.24, 2.45) is 0 Å². The molecular weight excluding hydrogens is 332 g/mol. The first-order valence-corrected chi connectivity index (χ1v) is 8.34. The van der Waals surface area contributed by atoms with E-state index in [4.69, 9.17) is 4.74 Å². The van der Waals surface area contributed by atoms with Crippen LogP contribution in [0.5, 0.6) is 0 Å². The predicted molar refractivity (Wildman–Crippen MR) is 95.8 cm³/mol. The summed E-state index contributed by atoms with van der Waals surface area (Å²) in [6.07, 6.45) is 6.77. The van der Waals surface area contributed by atoms with Crippen LogP contribution in [0.4, 0.5) is 5.82 Å². The molecule has 0 saturated carbocycles. The Bertz CT molecular complexity index is 942. The molecule has 0 radical (unpaired) electrons. The molecule has 26 heavy (non-hydrogen) atoms. The zero-order chi connectivity index (χ0) is 17.9. The maximum atomic E-state index is 12.4. The van der Waals surface area contributed by atoms with E-state index in [1.54, 1.807) is 30.9 Å². The average Bonchev–Trinajstić information content (AvgIpc) is 3.13. The van der Waals surface area contributed by atoms with Gasteiger partial charge in [-0.2, -0.15) is 5.10 Å². The lowest BCUT2D eigenvalue weighted by Gasteiger charge is -2.21. The number of aromatic nitrogens is 5. The molecule has 2 unspecified atom stereocenters. The van der Waals surface area contributed by atoms with Crippen molar-refractivity contribution in [3.63, 3.8) is 0 Å². The summed E-state index contributed by atoms with van der Waals surface area (Å²) in [6.45, 7) is 2.75. The monoisotopic (exact) mass is 350 g/mol. The fourth-order valence-electron chi connectivity index (χ4n) is 2.92. The van der Waals surface area contributed by atoms with E-state index in [2.05, 4.69) is 25.4 Å². The molecule has 1 aliphatic heterocycles. The van der Waals surface area contributed by atoms with Gasteiger partial charge in [-0.05, 0) is 25.1 Å². The quantitative estimate of drug-likeness (QED) is 0.761. The molecule has 1 saturated heterocycles. The van der Waals surface area contributed by atoms with Gasteiger partial charge >= 0.3 is 0 Å². The molecule has 2 atom stereocenters. The van der Waals surface area contributed by atoms with Crippen LogP contribution in [-0.2, 0) is 4.74 Å². The van der Waals surface area contributed by atoms with Crippen LogP contribution >= 0.6 is 0 Å². The van der Waals surface area contributed by atoms with Gasteiger partial charge in [0.15, 0.2) is 0 Å². The normalized spacial score (nSPS) is 19.4. The van der Waals surface area contributed by atoms with Crippen LogP contribution in [0.25, 0.3) is 11.3 Å². The van der Waals surface area contributed by atoms with Gasteiger partial charge in [0, 0.05) is 24.0 Å². The van der Waals surface area contributed by atoms with Crippen molar-refractivity contribution in [2.45, 2.75) is 19.0 Å². The Balaban J connectivity index is 1.63. The molecule has 0 amide bonds. The second-order valence-corrected chi connectivity index (χ2v) is 6.14. The zero-order valence-electron chi connectivity index (χ0n) is 14.2. The largest absolute Gasteiger partial charge is 0.377 e. The molecule has 3 aromatic heterocycles. The Morgan fingerprint density at radius 1 is 1.12 bits per heavy atom. The van der Waals surface area contributed by atoms with Gasteiger partial charge in [-0.3, -0.25) is 14.8 Å². The topological polar surface area (TPSA) is 94.8 Å². The molecule has 8 heteroatoms. The summed E-state index contributed by atoms with van der Waals surface area (Å²) in [6, 6.07) is 6.62. The third-order valence-electron chi connectivity index (χ3n) is 4.28. The lowest BCUT2D eigenvalue weighted by Crippen LogP contribution is -2.37. The van der Waals surface area contributed by atoms with Crippen molar-refractivity contribution >= 4 is 5.82 Å². The third-order valence-corrected chi connectivity index (χ3v) is 4.28. The first kappa shape index (κ1) is 16.3. The van der Waals surface area contributed by atoms with E-state index in [1.807, 2.05) is 19.1 Å². The van der Waals surface area contributed by atoms with Crippen LogP contribution < -0.4 is 10.9 Å². The van der Waals surface area contributed by atoms with E-state index in [0.717, 1.165) is 11.3 Å². The number of hydrogen-bond acceptors (Lipinski definition) is 7. The highest BCUT2D eigenvalue weighted by Crippen LogP contribution is 2.22. The predicted octanol–water partition coefficient (Wildman–Crippen LogP) is 1.46. The van der Waals surface area contributed by atoms with Crippen LogP contribution in [0.1, 0.15) is 11.7 Å². The summed E-state index contributed by atoms with van der Waals surface area (Å²) in [5.74, 6) is 0.648. The Morgan fingerprint density at radius 2 is 1.96 bits per heavy atom. The van der Waals surface area contributed by atoms with E-state index in [-0.39, 0.29) is 17.6 Å². The molecule has 4 rings (SSSR count).